The fourth-order valence-electron chi connectivity index (χ4n) is 2.17. The number of rotatable bonds is 4. The molecule has 2 aromatic rings. The largest absolute Gasteiger partial charge is 0.360 e. The van der Waals surface area contributed by atoms with Gasteiger partial charge in [0.05, 0.1) is 5.54 Å². The van der Waals surface area contributed by atoms with E-state index in [1.165, 1.54) is 12.1 Å². The van der Waals surface area contributed by atoms with Crippen LogP contribution in [0.25, 0.3) is 0 Å². The number of sulfonamides is 1. The summed E-state index contributed by atoms with van der Waals surface area (Å²) in [4.78, 5) is 0.0395. The molecule has 0 aliphatic heterocycles. The van der Waals surface area contributed by atoms with Crippen LogP contribution in [0, 0.1) is 19.7 Å². The molecule has 114 valence electrons. The number of aryl methyl sites for hydroxylation is 2. The Kier molecular flexibility index (Phi) is 3.90. The third-order valence-corrected chi connectivity index (χ3v) is 5.09. The van der Waals surface area contributed by atoms with Gasteiger partial charge in [0, 0.05) is 0 Å². The molecule has 1 N–H and O–H groups in total. The van der Waals surface area contributed by atoms with Gasteiger partial charge in [-0.1, -0.05) is 17.3 Å². The van der Waals surface area contributed by atoms with Crippen LogP contribution in [0.15, 0.2) is 33.7 Å². The zero-order chi connectivity index (χ0) is 15.8. The summed E-state index contributed by atoms with van der Waals surface area (Å²) >= 11 is 0. The molecule has 0 aliphatic rings. The number of hydrogen-bond donors (Lipinski definition) is 1. The van der Waals surface area contributed by atoms with Crippen LogP contribution in [0.2, 0.25) is 0 Å². The summed E-state index contributed by atoms with van der Waals surface area (Å²) in [5, 5.41) is 3.65. The third kappa shape index (κ3) is 3.14. The topological polar surface area (TPSA) is 72.2 Å². The van der Waals surface area contributed by atoms with Gasteiger partial charge in [0.1, 0.15) is 16.4 Å². The average Bonchev–Trinajstić information content (AvgIpc) is 2.68. The molecule has 0 spiro atoms. The van der Waals surface area contributed by atoms with Crippen molar-refractivity contribution in [3.8, 4) is 0 Å². The maximum Gasteiger partial charge on any atom is 0.246 e. The molecule has 1 aromatic heterocycles. The second kappa shape index (κ2) is 5.23. The van der Waals surface area contributed by atoms with E-state index in [0.717, 1.165) is 0 Å². The number of benzene rings is 1. The molecule has 0 amide bonds. The monoisotopic (exact) mass is 312 g/mol. The molecule has 1 heterocycles. The van der Waals surface area contributed by atoms with Crippen molar-refractivity contribution in [3.63, 3.8) is 0 Å². The van der Waals surface area contributed by atoms with E-state index < -0.39 is 15.6 Å². The van der Waals surface area contributed by atoms with Gasteiger partial charge in [-0.15, -0.1) is 0 Å². The highest BCUT2D eigenvalue weighted by atomic mass is 32.2. The van der Waals surface area contributed by atoms with Crippen LogP contribution in [0.5, 0.6) is 0 Å². The summed E-state index contributed by atoms with van der Waals surface area (Å²) in [5.41, 5.74) is 0.0528. The molecule has 5 nitrogen and oxygen atoms in total. The van der Waals surface area contributed by atoms with Crippen molar-refractivity contribution in [1.29, 1.82) is 0 Å². The lowest BCUT2D eigenvalue weighted by Crippen LogP contribution is -2.41. The van der Waals surface area contributed by atoms with Crippen LogP contribution < -0.4 is 4.72 Å². The molecule has 2 rings (SSSR count). The maximum absolute atomic E-state index is 13.0. The molecular weight excluding hydrogens is 295 g/mol. The van der Waals surface area contributed by atoms with Crippen LogP contribution in [-0.2, 0) is 15.6 Å². The lowest BCUT2D eigenvalue weighted by Gasteiger charge is -2.26. The minimum atomic E-state index is -3.79. The van der Waals surface area contributed by atoms with Gasteiger partial charge in [-0.3, -0.25) is 0 Å². The molecule has 1 aromatic carbocycles. The van der Waals surface area contributed by atoms with Gasteiger partial charge in [0.2, 0.25) is 10.0 Å². The van der Waals surface area contributed by atoms with Crippen LogP contribution >= 0.6 is 0 Å². The predicted molar refractivity (Wildman–Crippen MR) is 75.7 cm³/mol. The SMILES string of the molecule is Cc1noc(C)c1S(=O)(=O)NC(C)(C)c1ccc(F)cc1. The van der Waals surface area contributed by atoms with E-state index in [-0.39, 0.29) is 16.5 Å². The number of aromatic nitrogens is 1. The zero-order valence-electron chi connectivity index (χ0n) is 12.3. The fraction of sp³-hybridized carbons (Fsp3) is 0.357. The molecule has 0 saturated carbocycles. The highest BCUT2D eigenvalue weighted by Crippen LogP contribution is 2.26. The van der Waals surface area contributed by atoms with E-state index in [9.17, 15) is 12.8 Å². The summed E-state index contributed by atoms with van der Waals surface area (Å²) in [6.07, 6.45) is 0. The smallest absolute Gasteiger partial charge is 0.246 e. The second-order valence-electron chi connectivity index (χ2n) is 5.39. The van der Waals surface area contributed by atoms with Crippen LogP contribution in [-0.4, -0.2) is 13.6 Å². The van der Waals surface area contributed by atoms with Crippen molar-refractivity contribution in [2.45, 2.75) is 38.1 Å². The lowest BCUT2D eigenvalue weighted by molar-refractivity contribution is 0.390. The normalized spacial score (nSPS) is 12.6. The van der Waals surface area contributed by atoms with Crippen molar-refractivity contribution >= 4 is 10.0 Å². The molecule has 0 unspecified atom stereocenters. The summed E-state index contributed by atoms with van der Waals surface area (Å²) in [6, 6.07) is 5.68. The van der Waals surface area contributed by atoms with E-state index in [4.69, 9.17) is 4.52 Å². The molecule has 0 saturated heterocycles. The standard InChI is InChI=1S/C14H17FN2O3S/c1-9-13(10(2)20-16-9)21(18,19)17-14(3,4)11-5-7-12(15)8-6-11/h5-8,17H,1-4H3. The van der Waals surface area contributed by atoms with Gasteiger partial charge in [-0.2, -0.15) is 0 Å². The Hall–Kier alpha value is -1.73. The van der Waals surface area contributed by atoms with Crippen LogP contribution in [0.3, 0.4) is 0 Å². The highest BCUT2D eigenvalue weighted by Gasteiger charge is 2.32. The van der Waals surface area contributed by atoms with Crippen molar-refractivity contribution < 1.29 is 17.3 Å². The first-order chi connectivity index (χ1) is 9.63. The summed E-state index contributed by atoms with van der Waals surface area (Å²) in [7, 11) is -3.79. The number of nitrogens with one attached hydrogen (secondary N) is 1. The minimum absolute atomic E-state index is 0.0395. The van der Waals surface area contributed by atoms with Gasteiger partial charge in [-0.05, 0) is 45.4 Å². The second-order valence-corrected chi connectivity index (χ2v) is 7.01. The quantitative estimate of drug-likeness (QED) is 0.942. The Morgan fingerprint density at radius 2 is 1.76 bits per heavy atom. The van der Waals surface area contributed by atoms with Crippen molar-refractivity contribution in [3.05, 3.63) is 47.1 Å². The molecule has 0 radical (unpaired) electrons. The lowest BCUT2D eigenvalue weighted by atomic mass is 9.96. The van der Waals surface area contributed by atoms with Crippen molar-refractivity contribution in [1.82, 2.24) is 9.88 Å². The Balaban J connectivity index is 2.37. The summed E-state index contributed by atoms with van der Waals surface area (Å²) < 4.78 is 45.5. The number of halogens is 1. The molecule has 0 atom stereocenters. The van der Waals surface area contributed by atoms with E-state index in [0.29, 0.717) is 11.3 Å². The van der Waals surface area contributed by atoms with E-state index in [1.807, 2.05) is 0 Å². The summed E-state index contributed by atoms with van der Waals surface area (Å²) in [5.74, 6) is -0.141. The van der Waals surface area contributed by atoms with Crippen molar-refractivity contribution in [2.24, 2.45) is 0 Å². The molecule has 0 fully saturated rings. The Morgan fingerprint density at radius 3 is 2.24 bits per heavy atom. The Morgan fingerprint density at radius 1 is 1.19 bits per heavy atom. The third-order valence-electron chi connectivity index (χ3n) is 3.19. The van der Waals surface area contributed by atoms with Crippen LogP contribution in [0.1, 0.15) is 30.9 Å². The van der Waals surface area contributed by atoms with Crippen LogP contribution in [0.4, 0.5) is 4.39 Å². The van der Waals surface area contributed by atoms with E-state index in [2.05, 4.69) is 9.88 Å². The first-order valence-corrected chi connectivity index (χ1v) is 7.85. The van der Waals surface area contributed by atoms with Gasteiger partial charge in [-0.25, -0.2) is 17.5 Å². The van der Waals surface area contributed by atoms with E-state index >= 15 is 0 Å². The molecule has 0 aliphatic carbocycles. The zero-order valence-corrected chi connectivity index (χ0v) is 13.1. The van der Waals surface area contributed by atoms with Crippen molar-refractivity contribution in [2.75, 3.05) is 0 Å². The Bertz CT molecular complexity index is 730. The van der Waals surface area contributed by atoms with E-state index in [1.54, 1.807) is 39.8 Å². The van der Waals surface area contributed by atoms with Gasteiger partial charge in [0.25, 0.3) is 0 Å². The molecule has 21 heavy (non-hydrogen) atoms. The average molecular weight is 312 g/mol. The number of nitrogens with zero attached hydrogens (tertiary/aromatic N) is 1. The fourth-order valence-corrected chi connectivity index (χ4v) is 3.90. The van der Waals surface area contributed by atoms with Gasteiger partial charge >= 0.3 is 0 Å². The predicted octanol–water partition coefficient (Wildman–Crippen LogP) is 2.64. The van der Waals surface area contributed by atoms with Gasteiger partial charge < -0.3 is 4.52 Å². The molecule has 7 heteroatoms. The first kappa shape index (κ1) is 15.7. The summed E-state index contributed by atoms with van der Waals surface area (Å²) in [6.45, 7) is 6.52. The minimum Gasteiger partial charge on any atom is -0.360 e. The molecule has 0 bridgehead atoms. The maximum atomic E-state index is 13.0. The molecular formula is C14H17FN2O3S. The first-order valence-electron chi connectivity index (χ1n) is 6.36. The number of hydrogen-bond acceptors (Lipinski definition) is 4. The highest BCUT2D eigenvalue weighted by molar-refractivity contribution is 7.89. The van der Waals surface area contributed by atoms with Gasteiger partial charge in [0.15, 0.2) is 5.76 Å². The Labute approximate surface area is 123 Å².